The average Bonchev–Trinajstić information content (AvgIpc) is 2.23. The first kappa shape index (κ1) is 20.4. The zero-order valence-electron chi connectivity index (χ0n) is 10.5. The van der Waals surface area contributed by atoms with Crippen LogP contribution in [0.1, 0.15) is 18.6 Å². The van der Waals surface area contributed by atoms with Gasteiger partial charge in [0.1, 0.15) is 6.66 Å². The van der Waals surface area contributed by atoms with Crippen molar-refractivity contribution in [3.8, 4) is 0 Å². The van der Waals surface area contributed by atoms with Crippen molar-refractivity contribution in [1.82, 2.24) is 9.97 Å². The molecule has 0 aliphatic carbocycles. The van der Waals surface area contributed by atoms with Crippen LogP contribution in [0.4, 0.5) is 5.82 Å². The minimum Gasteiger partial charge on any atom is -0.481 e. The molecule has 0 spiro atoms. The van der Waals surface area contributed by atoms with E-state index in [1.54, 1.807) is 6.66 Å². The van der Waals surface area contributed by atoms with Crippen molar-refractivity contribution in [3.05, 3.63) is 35.3 Å². The molecule has 1 unspecified atom stereocenters. The topological polar surface area (TPSA) is 66.7 Å². The van der Waals surface area contributed by atoms with Crippen molar-refractivity contribution < 1.29 is 55.9 Å². The quantitative estimate of drug-likeness (QED) is 0.541. The summed E-state index contributed by atoms with van der Waals surface area (Å²) in [7, 11) is -0.167. The molecular formula is C12H18KN3OP+. The van der Waals surface area contributed by atoms with Crippen molar-refractivity contribution in [2.75, 3.05) is 6.66 Å². The van der Waals surface area contributed by atoms with Gasteiger partial charge in [-0.15, -0.1) is 0 Å². The Morgan fingerprint density at radius 1 is 1.17 bits per heavy atom. The molecule has 0 aliphatic rings. The second-order valence-corrected chi connectivity index (χ2v) is 3.79. The summed E-state index contributed by atoms with van der Waals surface area (Å²) < 4.78 is 8.96. The summed E-state index contributed by atoms with van der Waals surface area (Å²) in [6.07, 6.45) is 1.43. The molecule has 2 rings (SSSR count). The molecule has 0 bridgehead atoms. The third kappa shape index (κ3) is 5.39. The van der Waals surface area contributed by atoms with Crippen molar-refractivity contribution in [2.45, 2.75) is 21.3 Å². The standard InChI is InChI=1S/C10H10N3.CH3OP.CH4.K/c1-6-3-8-9(4-7(6)2)12-5-13-10(8)11;1-3-2;;/h3-5H,1-2H3,(H-,11,12,13);1H3;1H4;/q-1;;;+1/p+1. The molecule has 0 saturated heterocycles. The van der Waals surface area contributed by atoms with E-state index in [0.717, 1.165) is 10.9 Å². The fraction of sp³-hybridized carbons (Fsp3) is 0.333. The van der Waals surface area contributed by atoms with Crippen molar-refractivity contribution >= 4 is 25.2 Å². The van der Waals surface area contributed by atoms with Crippen LogP contribution in [0.3, 0.4) is 0 Å². The van der Waals surface area contributed by atoms with Crippen LogP contribution in [-0.2, 0) is 4.57 Å². The minimum atomic E-state index is -0.167. The zero-order valence-corrected chi connectivity index (χ0v) is 14.7. The van der Waals surface area contributed by atoms with Crippen molar-refractivity contribution in [1.29, 1.82) is 0 Å². The zero-order chi connectivity index (χ0) is 12.1. The van der Waals surface area contributed by atoms with Crippen LogP contribution in [0.2, 0.25) is 0 Å². The molecule has 0 amide bonds. The maximum Gasteiger partial charge on any atom is 1.00 e. The molecule has 2 aromatic rings. The number of aryl methyl sites for hydroxylation is 2. The summed E-state index contributed by atoms with van der Waals surface area (Å²) in [5.41, 5.74) is 10.8. The largest absolute Gasteiger partial charge is 1.00 e. The summed E-state index contributed by atoms with van der Waals surface area (Å²) in [5, 5.41) is 0.825. The first-order valence-electron chi connectivity index (χ1n) is 4.82. The summed E-state index contributed by atoms with van der Waals surface area (Å²) in [6.45, 7) is 5.67. The summed E-state index contributed by atoms with van der Waals surface area (Å²) in [5.74, 6) is 0.299. The van der Waals surface area contributed by atoms with E-state index < -0.39 is 0 Å². The molecule has 92 valence electrons. The Morgan fingerprint density at radius 2 is 1.67 bits per heavy atom. The normalized spacial score (nSPS) is 8.83. The fourth-order valence-electron chi connectivity index (χ4n) is 1.32. The summed E-state index contributed by atoms with van der Waals surface area (Å²) in [6, 6.07) is 3.96. The van der Waals surface area contributed by atoms with Crippen LogP contribution >= 0.6 is 8.46 Å². The summed E-state index contributed by atoms with van der Waals surface area (Å²) in [4.78, 5) is 7.95. The van der Waals surface area contributed by atoms with Gasteiger partial charge in [-0.1, -0.05) is 17.8 Å². The number of hydrogen-bond donors (Lipinski definition) is 0. The minimum absolute atomic E-state index is 0. The van der Waals surface area contributed by atoms with Crippen LogP contribution in [0, 0.1) is 13.8 Å². The number of aromatic nitrogens is 2. The fourth-order valence-corrected chi connectivity index (χ4v) is 1.32. The Balaban J connectivity index is 0. The van der Waals surface area contributed by atoms with E-state index in [1.165, 1.54) is 17.5 Å². The molecule has 1 aromatic heterocycles. The number of rotatable bonds is 0. The second-order valence-electron chi connectivity index (χ2n) is 3.38. The van der Waals surface area contributed by atoms with E-state index in [1.807, 2.05) is 26.0 Å². The Kier molecular flexibility index (Phi) is 11.3. The number of benzene rings is 1. The number of fused-ring (bicyclic) bond motifs is 1. The van der Waals surface area contributed by atoms with E-state index in [4.69, 9.17) is 10.3 Å². The van der Waals surface area contributed by atoms with Crippen LogP contribution in [0.5, 0.6) is 0 Å². The SMILES string of the molecule is C.C[PH+]=O.Cc1cc2ncnc([NH-])c2cc1C.[K+]. The van der Waals surface area contributed by atoms with E-state index in [2.05, 4.69) is 9.97 Å². The molecule has 4 nitrogen and oxygen atoms in total. The summed E-state index contributed by atoms with van der Waals surface area (Å²) >= 11 is 0. The van der Waals surface area contributed by atoms with Gasteiger partial charge in [0.05, 0.1) is 5.52 Å². The molecule has 0 saturated carbocycles. The number of nitrogens with zero attached hydrogens (tertiary/aromatic N) is 2. The van der Waals surface area contributed by atoms with E-state index in [-0.39, 0.29) is 67.3 Å². The van der Waals surface area contributed by atoms with Crippen LogP contribution in [-0.4, -0.2) is 16.6 Å². The Bertz CT molecular complexity index is 520. The van der Waals surface area contributed by atoms with Gasteiger partial charge in [-0.25, -0.2) is 0 Å². The smallest absolute Gasteiger partial charge is 0.481 e. The van der Waals surface area contributed by atoms with Gasteiger partial charge in [0.25, 0.3) is 0 Å². The van der Waals surface area contributed by atoms with Gasteiger partial charge < -0.3 is 10.7 Å². The molecule has 0 radical (unpaired) electrons. The van der Waals surface area contributed by atoms with E-state index in [9.17, 15) is 0 Å². The average molecular weight is 290 g/mol. The predicted molar refractivity (Wildman–Crippen MR) is 74.7 cm³/mol. The Hall–Kier alpha value is 0.0964. The maximum absolute atomic E-state index is 8.96. The third-order valence-corrected chi connectivity index (χ3v) is 2.25. The second kappa shape index (κ2) is 9.95. The van der Waals surface area contributed by atoms with Crippen LogP contribution in [0.25, 0.3) is 16.6 Å². The molecule has 1 heterocycles. The van der Waals surface area contributed by atoms with Gasteiger partial charge in [0.2, 0.25) is 0 Å². The number of nitrogens with one attached hydrogen (secondary N) is 1. The molecule has 1 N–H and O–H groups in total. The van der Waals surface area contributed by atoms with Gasteiger partial charge >= 0.3 is 59.8 Å². The molecule has 18 heavy (non-hydrogen) atoms. The third-order valence-electron chi connectivity index (χ3n) is 2.25. The maximum atomic E-state index is 8.96. The molecule has 6 heteroatoms. The molecule has 1 atom stereocenters. The van der Waals surface area contributed by atoms with E-state index in [0.29, 0.717) is 5.82 Å². The molecule has 0 aliphatic heterocycles. The van der Waals surface area contributed by atoms with Crippen LogP contribution < -0.4 is 51.4 Å². The first-order chi connectivity index (χ1) is 7.60. The van der Waals surface area contributed by atoms with E-state index >= 15 is 0 Å². The first-order valence-corrected chi connectivity index (χ1v) is 6.23. The van der Waals surface area contributed by atoms with Gasteiger partial charge in [0.15, 0.2) is 0 Å². The molecule has 1 aromatic carbocycles. The Labute approximate surface area is 152 Å². The number of hydrogen-bond acceptors (Lipinski definition) is 3. The van der Waals surface area contributed by atoms with Gasteiger partial charge in [-0.05, 0) is 42.5 Å². The van der Waals surface area contributed by atoms with Crippen molar-refractivity contribution in [3.63, 3.8) is 0 Å². The Morgan fingerprint density at radius 3 is 2.22 bits per heavy atom. The van der Waals surface area contributed by atoms with Crippen LogP contribution in [0.15, 0.2) is 18.5 Å². The van der Waals surface area contributed by atoms with Gasteiger partial charge in [-0.2, -0.15) is 0 Å². The monoisotopic (exact) mass is 290 g/mol. The van der Waals surface area contributed by atoms with Gasteiger partial charge in [-0.3, -0.25) is 4.98 Å². The van der Waals surface area contributed by atoms with Gasteiger partial charge in [0, 0.05) is 6.33 Å². The van der Waals surface area contributed by atoms with Crippen molar-refractivity contribution in [2.24, 2.45) is 0 Å². The predicted octanol–water partition coefficient (Wildman–Crippen LogP) is 1.21. The molecule has 0 fully saturated rings. The molecular weight excluding hydrogens is 272 g/mol.